The van der Waals surface area contributed by atoms with Crippen molar-refractivity contribution in [1.82, 2.24) is 0 Å². The second-order valence-corrected chi connectivity index (χ2v) is 4.06. The van der Waals surface area contributed by atoms with E-state index >= 15 is 0 Å². The first-order valence-corrected chi connectivity index (χ1v) is 5.92. The van der Waals surface area contributed by atoms with Crippen molar-refractivity contribution < 1.29 is 19.7 Å². The average molecular weight is 250 g/mol. The first kappa shape index (κ1) is 14.1. The summed E-state index contributed by atoms with van der Waals surface area (Å²) in [6.45, 7) is 4.09. The van der Waals surface area contributed by atoms with Gasteiger partial charge in [0.05, 0.1) is 6.61 Å². The maximum absolute atomic E-state index is 11.6. The van der Waals surface area contributed by atoms with Crippen LogP contribution in [0.5, 0.6) is 11.5 Å². The predicted octanol–water partition coefficient (Wildman–Crippen LogP) is 2.84. The third-order valence-electron chi connectivity index (χ3n) is 2.44. The Kier molecular flexibility index (Phi) is 5.24. The smallest absolute Gasteiger partial charge is 0.333 e. The molecule has 0 aromatic heterocycles. The molecule has 1 aromatic carbocycles. The van der Waals surface area contributed by atoms with E-state index in [9.17, 15) is 9.90 Å². The minimum atomic E-state index is -0.365. The number of hydrogen-bond donors (Lipinski definition) is 2. The maximum Gasteiger partial charge on any atom is 0.333 e. The summed E-state index contributed by atoms with van der Waals surface area (Å²) in [4.78, 5) is 11.6. The molecule has 18 heavy (non-hydrogen) atoms. The lowest BCUT2D eigenvalue weighted by Gasteiger charge is -2.04. The van der Waals surface area contributed by atoms with Gasteiger partial charge in [0, 0.05) is 5.57 Å². The van der Waals surface area contributed by atoms with Gasteiger partial charge >= 0.3 is 5.97 Å². The number of carbonyl (C=O) groups excluding carboxylic acids is 1. The van der Waals surface area contributed by atoms with Gasteiger partial charge in [0.25, 0.3) is 0 Å². The number of esters is 1. The van der Waals surface area contributed by atoms with Crippen LogP contribution in [-0.4, -0.2) is 22.8 Å². The largest absolute Gasteiger partial charge is 0.504 e. The second kappa shape index (κ2) is 6.69. The van der Waals surface area contributed by atoms with Crippen LogP contribution in [-0.2, 0) is 9.53 Å². The van der Waals surface area contributed by atoms with Gasteiger partial charge in [-0.2, -0.15) is 0 Å². The molecule has 98 valence electrons. The van der Waals surface area contributed by atoms with Crippen molar-refractivity contribution in [3.8, 4) is 11.5 Å². The van der Waals surface area contributed by atoms with Crippen LogP contribution < -0.4 is 0 Å². The van der Waals surface area contributed by atoms with E-state index in [-0.39, 0.29) is 17.5 Å². The van der Waals surface area contributed by atoms with Crippen molar-refractivity contribution in [1.29, 1.82) is 0 Å². The molecular formula is C14H18O4. The van der Waals surface area contributed by atoms with Crippen LogP contribution in [0.4, 0.5) is 0 Å². The minimum Gasteiger partial charge on any atom is -0.504 e. The molecule has 4 heteroatoms. The Morgan fingerprint density at radius 2 is 2.06 bits per heavy atom. The van der Waals surface area contributed by atoms with Crippen LogP contribution in [0.1, 0.15) is 32.3 Å². The Morgan fingerprint density at radius 3 is 2.67 bits per heavy atom. The fourth-order valence-electron chi connectivity index (χ4n) is 1.36. The zero-order valence-electron chi connectivity index (χ0n) is 10.6. The Labute approximate surface area is 107 Å². The van der Waals surface area contributed by atoms with Gasteiger partial charge in [0.1, 0.15) is 0 Å². The van der Waals surface area contributed by atoms with Gasteiger partial charge < -0.3 is 14.9 Å². The quantitative estimate of drug-likeness (QED) is 0.365. The summed E-state index contributed by atoms with van der Waals surface area (Å²) in [5.41, 5.74) is 1.09. The molecule has 1 rings (SSSR count). The molecule has 1 aromatic rings. The molecule has 0 saturated heterocycles. The van der Waals surface area contributed by atoms with E-state index in [1.807, 2.05) is 6.92 Å². The van der Waals surface area contributed by atoms with Crippen molar-refractivity contribution in [2.75, 3.05) is 6.61 Å². The molecule has 4 nitrogen and oxygen atoms in total. The lowest BCUT2D eigenvalue weighted by Crippen LogP contribution is -2.06. The molecular weight excluding hydrogens is 232 g/mol. The van der Waals surface area contributed by atoms with E-state index < -0.39 is 0 Å². The number of phenolic OH excluding ortho intramolecular Hbond substituents is 2. The summed E-state index contributed by atoms with van der Waals surface area (Å²) >= 11 is 0. The lowest BCUT2D eigenvalue weighted by atomic mass is 10.1. The summed E-state index contributed by atoms with van der Waals surface area (Å²) in [6.07, 6.45) is 3.42. The normalized spacial score (nSPS) is 11.3. The van der Waals surface area contributed by atoms with Crippen LogP contribution in [0.25, 0.3) is 6.08 Å². The summed E-state index contributed by atoms with van der Waals surface area (Å²) in [6, 6.07) is 4.37. The first-order valence-electron chi connectivity index (χ1n) is 5.92. The van der Waals surface area contributed by atoms with E-state index in [4.69, 9.17) is 9.84 Å². The third-order valence-corrected chi connectivity index (χ3v) is 2.44. The highest BCUT2D eigenvalue weighted by Gasteiger charge is 2.06. The van der Waals surface area contributed by atoms with Gasteiger partial charge in [0.2, 0.25) is 0 Å². The minimum absolute atomic E-state index is 0.185. The van der Waals surface area contributed by atoms with Gasteiger partial charge in [-0.25, -0.2) is 4.79 Å². The van der Waals surface area contributed by atoms with Gasteiger partial charge in [-0.05, 0) is 37.1 Å². The highest BCUT2D eigenvalue weighted by Crippen LogP contribution is 2.25. The summed E-state index contributed by atoms with van der Waals surface area (Å²) in [5, 5.41) is 18.5. The topological polar surface area (TPSA) is 66.8 Å². The molecule has 0 heterocycles. The molecule has 0 saturated carbocycles. The van der Waals surface area contributed by atoms with Crippen LogP contribution in [0.3, 0.4) is 0 Å². The first-order chi connectivity index (χ1) is 8.54. The second-order valence-electron chi connectivity index (χ2n) is 4.06. The molecule has 0 unspecified atom stereocenters. The number of unbranched alkanes of at least 4 members (excludes halogenated alkanes) is 1. The Morgan fingerprint density at radius 1 is 1.33 bits per heavy atom. The van der Waals surface area contributed by atoms with Crippen molar-refractivity contribution in [3.05, 3.63) is 29.3 Å². The van der Waals surface area contributed by atoms with Crippen LogP contribution in [0.2, 0.25) is 0 Å². The number of rotatable bonds is 5. The monoisotopic (exact) mass is 250 g/mol. The lowest BCUT2D eigenvalue weighted by molar-refractivity contribution is -0.138. The van der Waals surface area contributed by atoms with E-state index in [2.05, 4.69) is 0 Å². The number of phenols is 2. The summed E-state index contributed by atoms with van der Waals surface area (Å²) < 4.78 is 5.05. The molecule has 0 bridgehead atoms. The van der Waals surface area contributed by atoms with Crippen molar-refractivity contribution in [3.63, 3.8) is 0 Å². The van der Waals surface area contributed by atoms with E-state index in [0.29, 0.717) is 17.7 Å². The van der Waals surface area contributed by atoms with E-state index in [1.165, 1.54) is 12.1 Å². The third kappa shape index (κ3) is 4.13. The number of ether oxygens (including phenoxy) is 1. The highest BCUT2D eigenvalue weighted by atomic mass is 16.5. The standard InChI is InChI=1S/C14H18O4/c1-3-4-7-18-14(17)10(2)8-11-5-6-12(15)13(16)9-11/h5-6,8-9,15-16H,3-4,7H2,1-2H3. The number of benzene rings is 1. The van der Waals surface area contributed by atoms with Crippen LogP contribution in [0.15, 0.2) is 23.8 Å². The van der Waals surface area contributed by atoms with Gasteiger partial charge in [-0.1, -0.05) is 19.4 Å². The highest BCUT2D eigenvalue weighted by molar-refractivity contribution is 5.93. The molecule has 0 amide bonds. The van der Waals surface area contributed by atoms with Crippen molar-refractivity contribution in [2.45, 2.75) is 26.7 Å². The van der Waals surface area contributed by atoms with Gasteiger partial charge in [-0.15, -0.1) is 0 Å². The van der Waals surface area contributed by atoms with Gasteiger partial charge in [0.15, 0.2) is 11.5 Å². The molecule has 0 aliphatic carbocycles. The van der Waals surface area contributed by atoms with Gasteiger partial charge in [-0.3, -0.25) is 0 Å². The molecule has 0 aliphatic heterocycles. The molecule has 0 atom stereocenters. The Bertz CT molecular complexity index is 449. The SMILES string of the molecule is CCCCOC(=O)C(C)=Cc1ccc(O)c(O)c1. The van der Waals surface area contributed by atoms with Crippen molar-refractivity contribution in [2.24, 2.45) is 0 Å². The number of hydrogen-bond acceptors (Lipinski definition) is 4. The zero-order valence-corrected chi connectivity index (χ0v) is 10.6. The maximum atomic E-state index is 11.6. The molecule has 0 aliphatic rings. The fraction of sp³-hybridized carbons (Fsp3) is 0.357. The molecule has 0 radical (unpaired) electrons. The van der Waals surface area contributed by atoms with E-state index in [1.54, 1.807) is 19.1 Å². The average Bonchev–Trinajstić information content (AvgIpc) is 2.34. The molecule has 0 spiro atoms. The number of aromatic hydroxyl groups is 2. The fourth-order valence-corrected chi connectivity index (χ4v) is 1.36. The number of carbonyl (C=O) groups is 1. The molecule has 2 N–H and O–H groups in total. The predicted molar refractivity (Wildman–Crippen MR) is 69.3 cm³/mol. The Balaban J connectivity index is 2.69. The van der Waals surface area contributed by atoms with Crippen molar-refractivity contribution >= 4 is 12.0 Å². The zero-order chi connectivity index (χ0) is 13.5. The Hall–Kier alpha value is -1.97. The molecule has 0 fully saturated rings. The van der Waals surface area contributed by atoms with Crippen LogP contribution in [0, 0.1) is 0 Å². The summed E-state index contributed by atoms with van der Waals surface area (Å²) in [5.74, 6) is -0.762. The van der Waals surface area contributed by atoms with Crippen LogP contribution >= 0.6 is 0 Å². The van der Waals surface area contributed by atoms with E-state index in [0.717, 1.165) is 12.8 Å². The summed E-state index contributed by atoms with van der Waals surface area (Å²) in [7, 11) is 0.